The van der Waals surface area contributed by atoms with Gasteiger partial charge in [0.05, 0.1) is 13.2 Å². The van der Waals surface area contributed by atoms with Gasteiger partial charge in [-0.25, -0.2) is 8.42 Å². The van der Waals surface area contributed by atoms with E-state index in [-0.39, 0.29) is 23.1 Å². The fraction of sp³-hybridized carbons (Fsp3) is 0.520. The fourth-order valence-electron chi connectivity index (χ4n) is 3.87. The van der Waals surface area contributed by atoms with E-state index in [2.05, 4.69) is 19.0 Å². The second-order valence-electron chi connectivity index (χ2n) is 8.91. The lowest BCUT2D eigenvalue weighted by molar-refractivity contribution is -0.125. The zero-order chi connectivity index (χ0) is 25.6. The number of hydrogen-bond donors (Lipinski definition) is 0. The first-order valence-corrected chi connectivity index (χ1v) is 13.4. The molecule has 2 aromatic rings. The van der Waals surface area contributed by atoms with E-state index in [1.54, 1.807) is 24.8 Å². The molecule has 0 saturated carbocycles. The summed E-state index contributed by atoms with van der Waals surface area (Å²) in [4.78, 5) is 14.6. The Kier molecular flexibility index (Phi) is 8.96. The molecule has 1 aliphatic heterocycles. The van der Waals surface area contributed by atoms with Crippen molar-refractivity contribution in [3.8, 4) is 11.5 Å². The molecular weight excluding hydrogens is 470 g/mol. The van der Waals surface area contributed by atoms with Gasteiger partial charge in [0.1, 0.15) is 10.6 Å². The number of amides is 1. The third-order valence-corrected chi connectivity index (χ3v) is 7.73. The third-order valence-electron chi connectivity index (χ3n) is 5.59. The highest BCUT2D eigenvalue weighted by molar-refractivity contribution is 7.89. The lowest BCUT2D eigenvalue weighted by Gasteiger charge is -2.21. The average Bonchev–Trinajstić information content (AvgIpc) is 3.00. The summed E-state index contributed by atoms with van der Waals surface area (Å²) in [7, 11) is -3.74. The minimum Gasteiger partial charge on any atom is -0.490 e. The Morgan fingerprint density at radius 2 is 1.91 bits per heavy atom. The SMILES string of the molecule is CCOc1cc(C=CC(=O)N2CCCN(S(=O)(=O)c3c(C)noc3C)CC2)ccc1OCC(C)C. The molecule has 1 amide bonds. The van der Waals surface area contributed by atoms with Crippen LogP contribution >= 0.6 is 0 Å². The molecule has 0 radical (unpaired) electrons. The van der Waals surface area contributed by atoms with Crippen molar-refractivity contribution >= 4 is 22.0 Å². The van der Waals surface area contributed by atoms with Gasteiger partial charge >= 0.3 is 0 Å². The second-order valence-corrected chi connectivity index (χ2v) is 10.8. The minimum atomic E-state index is -3.74. The van der Waals surface area contributed by atoms with Crippen LogP contribution in [0.4, 0.5) is 0 Å². The number of rotatable bonds is 9. The summed E-state index contributed by atoms with van der Waals surface area (Å²) in [6.07, 6.45) is 3.79. The number of aryl methyl sites for hydroxylation is 2. The monoisotopic (exact) mass is 505 g/mol. The van der Waals surface area contributed by atoms with Gasteiger partial charge in [-0.05, 0) is 56.9 Å². The number of hydrogen-bond acceptors (Lipinski definition) is 7. The fourth-order valence-corrected chi connectivity index (χ4v) is 5.63. The summed E-state index contributed by atoms with van der Waals surface area (Å²) < 4.78 is 44.2. The predicted molar refractivity (Wildman–Crippen MR) is 133 cm³/mol. The minimum absolute atomic E-state index is 0.114. The van der Waals surface area contributed by atoms with Crippen LogP contribution in [-0.4, -0.2) is 68.1 Å². The van der Waals surface area contributed by atoms with E-state index >= 15 is 0 Å². The van der Waals surface area contributed by atoms with E-state index in [1.807, 2.05) is 25.1 Å². The Hall–Kier alpha value is -2.85. The van der Waals surface area contributed by atoms with Gasteiger partial charge in [-0.2, -0.15) is 4.31 Å². The van der Waals surface area contributed by atoms with Gasteiger partial charge in [0.2, 0.25) is 15.9 Å². The Labute approximate surface area is 207 Å². The van der Waals surface area contributed by atoms with Crippen LogP contribution in [0.25, 0.3) is 6.08 Å². The molecule has 1 aromatic carbocycles. The average molecular weight is 506 g/mol. The van der Waals surface area contributed by atoms with E-state index in [0.717, 1.165) is 5.56 Å². The summed E-state index contributed by atoms with van der Waals surface area (Å²) in [6.45, 7) is 11.7. The summed E-state index contributed by atoms with van der Waals surface area (Å²) in [5.74, 6) is 1.81. The van der Waals surface area contributed by atoms with Gasteiger partial charge in [0, 0.05) is 32.3 Å². The van der Waals surface area contributed by atoms with Crippen LogP contribution in [0.2, 0.25) is 0 Å². The Morgan fingerprint density at radius 1 is 1.14 bits per heavy atom. The van der Waals surface area contributed by atoms with Crippen molar-refractivity contribution < 1.29 is 27.2 Å². The Morgan fingerprint density at radius 3 is 2.57 bits per heavy atom. The highest BCUT2D eigenvalue weighted by Crippen LogP contribution is 2.29. The molecule has 1 saturated heterocycles. The second kappa shape index (κ2) is 11.7. The van der Waals surface area contributed by atoms with Gasteiger partial charge in [0.15, 0.2) is 17.3 Å². The van der Waals surface area contributed by atoms with Crippen LogP contribution in [-0.2, 0) is 14.8 Å². The topological polar surface area (TPSA) is 102 Å². The highest BCUT2D eigenvalue weighted by Gasteiger charge is 2.32. The molecule has 0 atom stereocenters. The summed E-state index contributed by atoms with van der Waals surface area (Å²) >= 11 is 0. The van der Waals surface area contributed by atoms with Crippen molar-refractivity contribution in [2.45, 2.75) is 45.9 Å². The van der Waals surface area contributed by atoms with Crippen molar-refractivity contribution in [1.29, 1.82) is 0 Å². The lowest BCUT2D eigenvalue weighted by atomic mass is 10.1. The van der Waals surface area contributed by atoms with Crippen LogP contribution in [0.5, 0.6) is 11.5 Å². The van der Waals surface area contributed by atoms with Crippen molar-refractivity contribution in [3.63, 3.8) is 0 Å². The molecule has 1 fully saturated rings. The summed E-state index contributed by atoms with van der Waals surface area (Å²) in [5, 5.41) is 3.77. The van der Waals surface area contributed by atoms with Crippen molar-refractivity contribution in [2.24, 2.45) is 5.92 Å². The van der Waals surface area contributed by atoms with Crippen LogP contribution in [0.3, 0.4) is 0 Å². The number of aromatic nitrogens is 1. The molecule has 0 aliphatic carbocycles. The number of carbonyl (C=O) groups is 1. The van der Waals surface area contributed by atoms with Gasteiger partial charge in [-0.1, -0.05) is 25.1 Å². The molecule has 0 spiro atoms. The van der Waals surface area contributed by atoms with Crippen LogP contribution in [0, 0.1) is 19.8 Å². The molecule has 1 aromatic heterocycles. The zero-order valence-electron chi connectivity index (χ0n) is 21.1. The number of benzene rings is 1. The van der Waals surface area contributed by atoms with Gasteiger partial charge in [-0.15, -0.1) is 0 Å². The van der Waals surface area contributed by atoms with Gasteiger partial charge in [-0.3, -0.25) is 4.79 Å². The maximum absolute atomic E-state index is 13.1. The highest BCUT2D eigenvalue weighted by atomic mass is 32.2. The number of sulfonamides is 1. The first-order chi connectivity index (χ1) is 16.6. The van der Waals surface area contributed by atoms with E-state index in [1.165, 1.54) is 10.4 Å². The molecule has 192 valence electrons. The largest absolute Gasteiger partial charge is 0.490 e. The zero-order valence-corrected chi connectivity index (χ0v) is 21.9. The number of ether oxygens (including phenoxy) is 2. The summed E-state index contributed by atoms with van der Waals surface area (Å²) in [5.41, 5.74) is 1.16. The maximum Gasteiger partial charge on any atom is 0.248 e. The van der Waals surface area contributed by atoms with Crippen LogP contribution in [0.1, 0.15) is 44.2 Å². The number of carbonyl (C=O) groups excluding carboxylic acids is 1. The molecule has 3 rings (SSSR count). The molecule has 10 heteroatoms. The summed E-state index contributed by atoms with van der Waals surface area (Å²) in [6, 6.07) is 5.58. The van der Waals surface area contributed by atoms with E-state index in [0.29, 0.717) is 62.4 Å². The van der Waals surface area contributed by atoms with Crippen LogP contribution in [0.15, 0.2) is 33.7 Å². The van der Waals surface area contributed by atoms with Crippen LogP contribution < -0.4 is 9.47 Å². The number of nitrogens with zero attached hydrogens (tertiary/aromatic N) is 3. The van der Waals surface area contributed by atoms with Crippen molar-refractivity contribution in [2.75, 3.05) is 39.4 Å². The third kappa shape index (κ3) is 6.64. The molecule has 2 heterocycles. The van der Waals surface area contributed by atoms with E-state index in [4.69, 9.17) is 14.0 Å². The maximum atomic E-state index is 13.1. The standard InChI is InChI=1S/C25H35N3O6S/c1-6-32-23-16-21(8-10-22(23)33-17-18(2)3)9-11-24(29)27-12-7-13-28(15-14-27)35(30,31)25-19(4)26-34-20(25)5/h8-11,16,18H,6-7,12-15,17H2,1-5H3. The first-order valence-electron chi connectivity index (χ1n) is 11.9. The smallest absolute Gasteiger partial charge is 0.248 e. The van der Waals surface area contributed by atoms with Gasteiger partial charge in [0.25, 0.3) is 0 Å². The predicted octanol–water partition coefficient (Wildman–Crippen LogP) is 3.66. The molecule has 0 unspecified atom stereocenters. The lowest BCUT2D eigenvalue weighted by Crippen LogP contribution is -2.37. The molecule has 35 heavy (non-hydrogen) atoms. The molecule has 0 bridgehead atoms. The van der Waals surface area contributed by atoms with E-state index < -0.39 is 10.0 Å². The molecule has 9 nitrogen and oxygen atoms in total. The molecular formula is C25H35N3O6S. The normalized spacial score (nSPS) is 15.5. The Balaban J connectivity index is 1.66. The van der Waals surface area contributed by atoms with E-state index in [9.17, 15) is 13.2 Å². The van der Waals surface area contributed by atoms with Crippen molar-refractivity contribution in [3.05, 3.63) is 41.3 Å². The molecule has 1 aliphatic rings. The first kappa shape index (κ1) is 26.7. The quantitative estimate of drug-likeness (QED) is 0.479. The Bertz CT molecular complexity index is 1140. The molecule has 0 N–H and O–H groups in total. The van der Waals surface area contributed by atoms with Gasteiger partial charge < -0.3 is 18.9 Å². The van der Waals surface area contributed by atoms with Crippen molar-refractivity contribution in [1.82, 2.24) is 14.4 Å².